The number of halogens is 1. The lowest BCUT2D eigenvalue weighted by Gasteiger charge is -2.29. The normalized spacial score (nSPS) is 15.7. The number of aryl methyl sites for hydroxylation is 1. The predicted octanol–water partition coefficient (Wildman–Crippen LogP) is 5.38. The Morgan fingerprint density at radius 1 is 1.08 bits per heavy atom. The Labute approximate surface area is 230 Å². The molecule has 2 aliphatic rings. The molecule has 1 unspecified atom stereocenters. The number of hydrogen-bond acceptors (Lipinski definition) is 8. The number of methoxy groups -OCH3 is 2. The van der Waals surface area contributed by atoms with Crippen molar-refractivity contribution in [2.75, 3.05) is 25.9 Å². The molecule has 6 rings (SSSR count). The van der Waals surface area contributed by atoms with Crippen molar-refractivity contribution in [2.24, 2.45) is 0 Å². The van der Waals surface area contributed by atoms with E-state index in [1.54, 1.807) is 11.1 Å². The van der Waals surface area contributed by atoms with Crippen molar-refractivity contribution in [1.29, 1.82) is 0 Å². The topological polar surface area (TPSA) is 101 Å². The van der Waals surface area contributed by atoms with Crippen LogP contribution in [0.5, 0.6) is 23.4 Å². The molecule has 2 aliphatic heterocycles. The summed E-state index contributed by atoms with van der Waals surface area (Å²) in [6.07, 6.45) is 1.60. The highest BCUT2D eigenvalue weighted by Gasteiger charge is 2.45. The Hall–Kier alpha value is -4.31. The SMILES string of the molecule is COc1ncc(-c2nc3c(n2C(C)C)C(c2ccc(Cl)cc2)N(c2cc(C)c4c(c2)OCO4)C3=O)c(OC)n1. The van der Waals surface area contributed by atoms with Gasteiger partial charge >= 0.3 is 6.01 Å². The number of imidazole rings is 1. The highest BCUT2D eigenvalue weighted by molar-refractivity contribution is 6.30. The molecule has 0 saturated heterocycles. The summed E-state index contributed by atoms with van der Waals surface area (Å²) in [5.41, 5.74) is 4.08. The second-order valence-electron chi connectivity index (χ2n) is 9.54. The van der Waals surface area contributed by atoms with Gasteiger partial charge in [-0.1, -0.05) is 23.7 Å². The van der Waals surface area contributed by atoms with Crippen molar-refractivity contribution in [3.63, 3.8) is 0 Å². The van der Waals surface area contributed by atoms with E-state index >= 15 is 0 Å². The maximum Gasteiger partial charge on any atom is 0.319 e. The van der Waals surface area contributed by atoms with Gasteiger partial charge in [0.25, 0.3) is 5.91 Å². The molecule has 0 radical (unpaired) electrons. The van der Waals surface area contributed by atoms with Crippen LogP contribution in [-0.2, 0) is 0 Å². The molecule has 0 bridgehead atoms. The zero-order chi connectivity index (χ0) is 27.4. The number of rotatable bonds is 6. The summed E-state index contributed by atoms with van der Waals surface area (Å²) in [4.78, 5) is 29.4. The molecule has 4 aromatic rings. The zero-order valence-electron chi connectivity index (χ0n) is 22.1. The van der Waals surface area contributed by atoms with E-state index in [9.17, 15) is 4.79 Å². The smallest absolute Gasteiger partial charge is 0.319 e. The van der Waals surface area contributed by atoms with Gasteiger partial charge in [0.05, 0.1) is 25.5 Å². The number of hydrogen-bond donors (Lipinski definition) is 0. The Morgan fingerprint density at radius 3 is 2.54 bits per heavy atom. The number of nitrogens with zero attached hydrogens (tertiary/aromatic N) is 5. The molecule has 2 aromatic carbocycles. The van der Waals surface area contributed by atoms with Gasteiger partial charge in [-0.2, -0.15) is 4.98 Å². The highest BCUT2D eigenvalue weighted by Crippen LogP contribution is 2.48. The Kier molecular flexibility index (Phi) is 6.06. The van der Waals surface area contributed by atoms with Gasteiger partial charge in [-0.3, -0.25) is 9.69 Å². The number of aromatic nitrogens is 4. The summed E-state index contributed by atoms with van der Waals surface area (Å²) < 4.78 is 24.1. The lowest BCUT2D eigenvalue weighted by atomic mass is 10.0. The first-order chi connectivity index (χ1) is 18.8. The van der Waals surface area contributed by atoms with Gasteiger partial charge in [0.15, 0.2) is 17.2 Å². The van der Waals surface area contributed by atoms with Crippen LogP contribution in [0.4, 0.5) is 5.69 Å². The molecule has 0 spiro atoms. The molecule has 4 heterocycles. The number of carbonyl (C=O) groups is 1. The maximum absolute atomic E-state index is 14.2. The van der Waals surface area contributed by atoms with E-state index in [1.165, 1.54) is 14.2 Å². The van der Waals surface area contributed by atoms with Gasteiger partial charge in [0.2, 0.25) is 12.7 Å². The van der Waals surface area contributed by atoms with Crippen molar-refractivity contribution in [1.82, 2.24) is 19.5 Å². The van der Waals surface area contributed by atoms with Gasteiger partial charge in [-0.15, -0.1) is 0 Å². The lowest BCUT2D eigenvalue weighted by molar-refractivity contribution is 0.0989. The number of anilines is 1. The average Bonchev–Trinajstić information content (AvgIpc) is 3.63. The molecule has 2 aromatic heterocycles. The van der Waals surface area contributed by atoms with Gasteiger partial charge in [0, 0.05) is 29.0 Å². The van der Waals surface area contributed by atoms with Crippen LogP contribution in [0.2, 0.25) is 5.02 Å². The molecule has 0 saturated carbocycles. The zero-order valence-corrected chi connectivity index (χ0v) is 22.8. The second-order valence-corrected chi connectivity index (χ2v) is 9.97. The van der Waals surface area contributed by atoms with E-state index in [4.69, 9.17) is 35.5 Å². The van der Waals surface area contributed by atoms with E-state index in [1.807, 2.05) is 61.7 Å². The first kappa shape index (κ1) is 25.0. The van der Waals surface area contributed by atoms with Crippen LogP contribution in [0.1, 0.15) is 53.2 Å². The lowest BCUT2D eigenvalue weighted by Crippen LogP contribution is -2.30. The van der Waals surface area contributed by atoms with Crippen LogP contribution in [0.3, 0.4) is 0 Å². The minimum absolute atomic E-state index is 0.0656. The van der Waals surface area contributed by atoms with E-state index in [-0.39, 0.29) is 24.8 Å². The molecular formula is C28H26ClN5O5. The maximum atomic E-state index is 14.2. The quantitative estimate of drug-likeness (QED) is 0.317. The fourth-order valence-corrected chi connectivity index (χ4v) is 5.34. The second kappa shape index (κ2) is 9.46. The van der Waals surface area contributed by atoms with E-state index in [2.05, 4.69) is 9.97 Å². The third-order valence-corrected chi connectivity index (χ3v) is 7.11. The van der Waals surface area contributed by atoms with Crippen molar-refractivity contribution in [3.8, 4) is 34.8 Å². The highest BCUT2D eigenvalue weighted by atomic mass is 35.5. The third-order valence-electron chi connectivity index (χ3n) is 6.86. The predicted molar refractivity (Wildman–Crippen MR) is 144 cm³/mol. The number of benzene rings is 2. The largest absolute Gasteiger partial charge is 0.480 e. The molecular weight excluding hydrogens is 522 g/mol. The summed E-state index contributed by atoms with van der Waals surface area (Å²) in [5.74, 6) is 1.88. The molecule has 0 fully saturated rings. The molecule has 10 nitrogen and oxygen atoms in total. The number of ether oxygens (including phenoxy) is 4. The first-order valence-electron chi connectivity index (χ1n) is 12.4. The van der Waals surface area contributed by atoms with Crippen LogP contribution in [0.25, 0.3) is 11.4 Å². The standard InChI is InChI=1S/C28H26ClN5O5/c1-14(2)33-23-21(31-25(33)19-12-30-28(37-5)32-26(19)36-4)27(35)34(22(23)16-6-8-17(29)9-7-16)18-10-15(3)24-20(11-18)38-13-39-24/h6-12,14,22H,13H2,1-5H3. The van der Waals surface area contributed by atoms with Gasteiger partial charge in [-0.25, -0.2) is 9.97 Å². The van der Waals surface area contributed by atoms with Crippen molar-refractivity contribution in [3.05, 3.63) is 70.1 Å². The summed E-state index contributed by atoms with van der Waals surface area (Å²) in [5, 5.41) is 0.604. The summed E-state index contributed by atoms with van der Waals surface area (Å²) >= 11 is 6.24. The van der Waals surface area contributed by atoms with Gasteiger partial charge in [-0.05, 0) is 50.1 Å². The fourth-order valence-electron chi connectivity index (χ4n) is 5.21. The van der Waals surface area contributed by atoms with Gasteiger partial charge < -0.3 is 23.5 Å². The number of carbonyl (C=O) groups excluding carboxylic acids is 1. The number of amides is 1. The summed E-state index contributed by atoms with van der Waals surface area (Å²) in [6, 6.07) is 10.9. The summed E-state index contributed by atoms with van der Waals surface area (Å²) in [7, 11) is 3.01. The van der Waals surface area contributed by atoms with Crippen LogP contribution < -0.4 is 23.8 Å². The van der Waals surface area contributed by atoms with Crippen molar-refractivity contribution < 1.29 is 23.7 Å². The monoisotopic (exact) mass is 547 g/mol. The Bertz CT molecular complexity index is 1600. The van der Waals surface area contributed by atoms with Crippen LogP contribution in [-0.4, -0.2) is 46.4 Å². The van der Waals surface area contributed by atoms with Crippen LogP contribution >= 0.6 is 11.6 Å². The number of fused-ring (bicyclic) bond motifs is 2. The van der Waals surface area contributed by atoms with E-state index in [0.717, 1.165) is 16.8 Å². The van der Waals surface area contributed by atoms with Gasteiger partial charge in [0.1, 0.15) is 11.9 Å². The van der Waals surface area contributed by atoms with Crippen molar-refractivity contribution >= 4 is 23.2 Å². The van der Waals surface area contributed by atoms with E-state index in [0.29, 0.717) is 45.2 Å². The molecule has 1 amide bonds. The van der Waals surface area contributed by atoms with Crippen molar-refractivity contribution in [2.45, 2.75) is 32.9 Å². The minimum atomic E-state index is -0.488. The van der Waals surface area contributed by atoms with E-state index < -0.39 is 6.04 Å². The molecule has 39 heavy (non-hydrogen) atoms. The Morgan fingerprint density at radius 2 is 1.85 bits per heavy atom. The Balaban J connectivity index is 1.59. The molecule has 0 aliphatic carbocycles. The molecule has 0 N–H and O–H groups in total. The third kappa shape index (κ3) is 3.94. The molecule has 200 valence electrons. The average molecular weight is 548 g/mol. The molecule has 11 heteroatoms. The first-order valence-corrected chi connectivity index (χ1v) is 12.8. The molecule has 1 atom stereocenters. The van der Waals surface area contributed by atoms with Crippen LogP contribution in [0.15, 0.2) is 42.6 Å². The van der Waals surface area contributed by atoms with Crippen LogP contribution in [0, 0.1) is 6.92 Å². The summed E-state index contributed by atoms with van der Waals surface area (Å²) in [6.45, 7) is 6.16. The minimum Gasteiger partial charge on any atom is -0.480 e. The fraction of sp³-hybridized carbons (Fsp3) is 0.286.